The van der Waals surface area contributed by atoms with Gasteiger partial charge >= 0.3 is 5.97 Å². The Kier molecular flexibility index (Phi) is 5.65. The maximum atomic E-state index is 11.3. The minimum atomic E-state index is -0.616. The van der Waals surface area contributed by atoms with E-state index < -0.39 is 6.04 Å². The van der Waals surface area contributed by atoms with E-state index >= 15 is 0 Å². The molecule has 100 valence electrons. The normalized spacial score (nSPS) is 12.0. The van der Waals surface area contributed by atoms with Crippen molar-refractivity contribution in [1.29, 1.82) is 0 Å². The van der Waals surface area contributed by atoms with E-state index in [4.69, 9.17) is 15.2 Å². The van der Waals surface area contributed by atoms with Crippen LogP contribution in [0.2, 0.25) is 0 Å². The van der Waals surface area contributed by atoms with Crippen LogP contribution in [-0.4, -0.2) is 25.2 Å². The summed E-state index contributed by atoms with van der Waals surface area (Å²) in [4.78, 5) is 11.3. The number of para-hydroxylation sites is 1. The van der Waals surface area contributed by atoms with E-state index in [0.717, 1.165) is 16.9 Å². The zero-order valence-corrected chi connectivity index (χ0v) is 11.2. The number of aryl methyl sites for hydroxylation is 2. The summed E-state index contributed by atoms with van der Waals surface area (Å²) in [5.41, 5.74) is 7.86. The van der Waals surface area contributed by atoms with Gasteiger partial charge in [-0.3, -0.25) is 4.79 Å². The molecule has 1 aromatic carbocycles. The van der Waals surface area contributed by atoms with E-state index in [0.29, 0.717) is 19.6 Å². The molecule has 0 aliphatic rings. The van der Waals surface area contributed by atoms with Crippen LogP contribution < -0.4 is 10.5 Å². The molecule has 1 rings (SSSR count). The lowest BCUT2D eigenvalue weighted by atomic mass is 10.1. The fourth-order valence-corrected chi connectivity index (χ4v) is 1.68. The number of carbonyl (C=O) groups is 1. The van der Waals surface area contributed by atoms with Crippen molar-refractivity contribution in [2.75, 3.05) is 13.2 Å². The van der Waals surface area contributed by atoms with Crippen LogP contribution in [0.15, 0.2) is 18.2 Å². The fraction of sp³-hybridized carbons (Fsp3) is 0.500. The Bertz CT molecular complexity index is 384. The Labute approximate surface area is 108 Å². The number of hydrogen-bond donors (Lipinski definition) is 1. The summed E-state index contributed by atoms with van der Waals surface area (Å²) in [6, 6.07) is 5.36. The molecule has 4 heteroatoms. The summed E-state index contributed by atoms with van der Waals surface area (Å²) in [5, 5.41) is 0. The van der Waals surface area contributed by atoms with Crippen LogP contribution in [0.3, 0.4) is 0 Å². The Morgan fingerprint density at radius 3 is 2.50 bits per heavy atom. The molecule has 0 heterocycles. The molecule has 0 aliphatic carbocycles. The van der Waals surface area contributed by atoms with Crippen LogP contribution >= 0.6 is 0 Å². The van der Waals surface area contributed by atoms with Gasteiger partial charge in [-0.2, -0.15) is 0 Å². The first-order valence-corrected chi connectivity index (χ1v) is 6.17. The van der Waals surface area contributed by atoms with E-state index in [-0.39, 0.29) is 5.97 Å². The highest BCUT2D eigenvalue weighted by atomic mass is 16.5. The molecular weight excluding hydrogens is 230 g/mol. The van der Waals surface area contributed by atoms with Gasteiger partial charge in [0.1, 0.15) is 11.8 Å². The van der Waals surface area contributed by atoms with Crippen molar-refractivity contribution in [3.8, 4) is 5.75 Å². The standard InChI is InChI=1S/C14H21NO3/c1-4-17-14(16)12(15)8-9-18-13-10(2)6-5-7-11(13)3/h5-7,12H,4,8-9,15H2,1-3H3. The molecule has 4 nitrogen and oxygen atoms in total. The van der Waals surface area contributed by atoms with Crippen LogP contribution in [0.4, 0.5) is 0 Å². The average Bonchev–Trinajstić information content (AvgIpc) is 2.33. The smallest absolute Gasteiger partial charge is 0.323 e. The summed E-state index contributed by atoms with van der Waals surface area (Å²) in [7, 11) is 0. The molecule has 0 radical (unpaired) electrons. The zero-order chi connectivity index (χ0) is 13.5. The van der Waals surface area contributed by atoms with Crippen LogP contribution in [-0.2, 0) is 9.53 Å². The Balaban J connectivity index is 2.44. The van der Waals surface area contributed by atoms with Gasteiger partial charge in [0.15, 0.2) is 0 Å². The molecule has 18 heavy (non-hydrogen) atoms. The van der Waals surface area contributed by atoms with Gasteiger partial charge in [-0.15, -0.1) is 0 Å². The van der Waals surface area contributed by atoms with Crippen molar-refractivity contribution < 1.29 is 14.3 Å². The highest BCUT2D eigenvalue weighted by Crippen LogP contribution is 2.22. The highest BCUT2D eigenvalue weighted by Gasteiger charge is 2.14. The van der Waals surface area contributed by atoms with Gasteiger partial charge in [0.05, 0.1) is 13.2 Å². The van der Waals surface area contributed by atoms with Crippen molar-refractivity contribution >= 4 is 5.97 Å². The summed E-state index contributed by atoms with van der Waals surface area (Å²) >= 11 is 0. The number of esters is 1. The summed E-state index contributed by atoms with van der Waals surface area (Å²) in [6.45, 7) is 6.51. The van der Waals surface area contributed by atoms with Gasteiger partial charge in [-0.05, 0) is 31.9 Å². The Morgan fingerprint density at radius 1 is 1.33 bits per heavy atom. The molecule has 0 saturated heterocycles. The molecule has 0 spiro atoms. The second-order valence-corrected chi connectivity index (χ2v) is 4.22. The molecule has 0 fully saturated rings. The monoisotopic (exact) mass is 251 g/mol. The molecule has 0 saturated carbocycles. The quantitative estimate of drug-likeness (QED) is 0.785. The van der Waals surface area contributed by atoms with Crippen molar-refractivity contribution in [2.24, 2.45) is 5.73 Å². The second kappa shape index (κ2) is 7.01. The van der Waals surface area contributed by atoms with E-state index in [1.165, 1.54) is 0 Å². The van der Waals surface area contributed by atoms with Crippen LogP contribution in [0.5, 0.6) is 5.75 Å². The molecule has 0 aliphatic heterocycles. The van der Waals surface area contributed by atoms with Gasteiger partial charge in [-0.1, -0.05) is 18.2 Å². The van der Waals surface area contributed by atoms with E-state index in [9.17, 15) is 4.79 Å². The minimum Gasteiger partial charge on any atom is -0.493 e. The van der Waals surface area contributed by atoms with E-state index in [1.54, 1.807) is 6.92 Å². The Morgan fingerprint density at radius 2 is 1.94 bits per heavy atom. The molecule has 0 bridgehead atoms. The summed E-state index contributed by atoms with van der Waals surface area (Å²) < 4.78 is 10.5. The number of rotatable bonds is 6. The highest BCUT2D eigenvalue weighted by molar-refractivity contribution is 5.75. The lowest BCUT2D eigenvalue weighted by Crippen LogP contribution is -2.33. The number of nitrogens with two attached hydrogens (primary N) is 1. The molecular formula is C14H21NO3. The van der Waals surface area contributed by atoms with Crippen molar-refractivity contribution in [1.82, 2.24) is 0 Å². The molecule has 1 unspecified atom stereocenters. The van der Waals surface area contributed by atoms with Crippen molar-refractivity contribution in [3.05, 3.63) is 29.3 Å². The third-order valence-electron chi connectivity index (χ3n) is 2.67. The predicted octanol–water partition coefficient (Wildman–Crippen LogP) is 1.96. The molecule has 1 aromatic rings. The van der Waals surface area contributed by atoms with Gasteiger partial charge in [0.25, 0.3) is 0 Å². The van der Waals surface area contributed by atoms with E-state index in [2.05, 4.69) is 0 Å². The zero-order valence-electron chi connectivity index (χ0n) is 11.2. The Hall–Kier alpha value is -1.55. The van der Waals surface area contributed by atoms with Crippen molar-refractivity contribution in [2.45, 2.75) is 33.2 Å². The maximum absolute atomic E-state index is 11.3. The predicted molar refractivity (Wildman–Crippen MR) is 70.6 cm³/mol. The molecule has 0 amide bonds. The third-order valence-corrected chi connectivity index (χ3v) is 2.67. The topological polar surface area (TPSA) is 61.5 Å². The number of benzene rings is 1. The first kappa shape index (κ1) is 14.5. The summed E-state index contributed by atoms with van der Waals surface area (Å²) in [6.07, 6.45) is 0.451. The molecule has 1 atom stereocenters. The van der Waals surface area contributed by atoms with Gasteiger partial charge in [0, 0.05) is 6.42 Å². The number of carbonyl (C=O) groups excluding carboxylic acids is 1. The van der Waals surface area contributed by atoms with Crippen LogP contribution in [0, 0.1) is 13.8 Å². The maximum Gasteiger partial charge on any atom is 0.323 e. The third kappa shape index (κ3) is 4.04. The number of hydrogen-bond acceptors (Lipinski definition) is 4. The minimum absolute atomic E-state index is 0.351. The second-order valence-electron chi connectivity index (χ2n) is 4.22. The van der Waals surface area contributed by atoms with Gasteiger partial charge < -0.3 is 15.2 Å². The first-order valence-electron chi connectivity index (χ1n) is 6.17. The average molecular weight is 251 g/mol. The lowest BCUT2D eigenvalue weighted by molar-refractivity contribution is -0.145. The van der Waals surface area contributed by atoms with E-state index in [1.807, 2.05) is 32.0 Å². The fourth-order valence-electron chi connectivity index (χ4n) is 1.68. The molecule has 0 aromatic heterocycles. The SMILES string of the molecule is CCOC(=O)C(N)CCOc1c(C)cccc1C. The van der Waals surface area contributed by atoms with Gasteiger partial charge in [-0.25, -0.2) is 0 Å². The summed E-state index contributed by atoms with van der Waals surface area (Å²) in [5.74, 6) is 0.496. The first-order chi connectivity index (χ1) is 8.56. The van der Waals surface area contributed by atoms with Crippen LogP contribution in [0.1, 0.15) is 24.5 Å². The lowest BCUT2D eigenvalue weighted by Gasteiger charge is -2.14. The molecule has 2 N–H and O–H groups in total. The van der Waals surface area contributed by atoms with Gasteiger partial charge in [0.2, 0.25) is 0 Å². The van der Waals surface area contributed by atoms with Crippen LogP contribution in [0.25, 0.3) is 0 Å². The number of ether oxygens (including phenoxy) is 2. The van der Waals surface area contributed by atoms with Crippen molar-refractivity contribution in [3.63, 3.8) is 0 Å². The largest absolute Gasteiger partial charge is 0.493 e.